The van der Waals surface area contributed by atoms with Crippen LogP contribution >= 0.6 is 0 Å². The first-order chi connectivity index (χ1) is 9.15. The number of hydrogen-bond donors (Lipinski definition) is 1. The Hall–Kier alpha value is -0.610. The number of nitrogens with zero attached hydrogens (tertiary/aromatic N) is 2. The van der Waals surface area contributed by atoms with Gasteiger partial charge in [0, 0.05) is 38.1 Å². The predicted molar refractivity (Wildman–Crippen MR) is 84.6 cm³/mol. The van der Waals surface area contributed by atoms with Crippen molar-refractivity contribution in [1.82, 2.24) is 9.80 Å². The van der Waals surface area contributed by atoms with Crippen molar-refractivity contribution in [2.45, 2.75) is 59.4 Å². The molecule has 4 nitrogen and oxygen atoms in total. The number of piperazine rings is 1. The van der Waals surface area contributed by atoms with Gasteiger partial charge < -0.3 is 10.6 Å². The number of carbonyl (C=O) groups excluding carboxylic acids is 1. The normalized spacial score (nSPS) is 18.4. The van der Waals surface area contributed by atoms with Crippen LogP contribution in [-0.2, 0) is 4.79 Å². The van der Waals surface area contributed by atoms with Crippen molar-refractivity contribution >= 4 is 5.91 Å². The zero-order valence-electron chi connectivity index (χ0n) is 14.0. The summed E-state index contributed by atoms with van der Waals surface area (Å²) in [4.78, 5) is 16.8. The molecule has 1 rings (SSSR count). The average Bonchev–Trinajstić information content (AvgIpc) is 2.35. The Kier molecular flexibility index (Phi) is 6.02. The van der Waals surface area contributed by atoms with Gasteiger partial charge in [0.05, 0.1) is 0 Å². The van der Waals surface area contributed by atoms with E-state index in [4.69, 9.17) is 5.73 Å². The topological polar surface area (TPSA) is 49.6 Å². The maximum atomic E-state index is 12.3. The van der Waals surface area contributed by atoms with Crippen molar-refractivity contribution in [2.75, 3.05) is 32.7 Å². The molecule has 1 heterocycles. The third-order valence-electron chi connectivity index (χ3n) is 4.42. The van der Waals surface area contributed by atoms with Crippen molar-refractivity contribution in [1.29, 1.82) is 0 Å². The predicted octanol–water partition coefficient (Wildman–Crippen LogP) is 2.08. The molecule has 0 aliphatic carbocycles. The van der Waals surface area contributed by atoms with E-state index >= 15 is 0 Å². The molecule has 1 fully saturated rings. The molecule has 0 atom stereocenters. The van der Waals surface area contributed by atoms with Crippen LogP contribution < -0.4 is 5.73 Å². The van der Waals surface area contributed by atoms with Gasteiger partial charge in [0.25, 0.3) is 0 Å². The highest BCUT2D eigenvalue weighted by Crippen LogP contribution is 2.26. The molecule has 20 heavy (non-hydrogen) atoms. The van der Waals surface area contributed by atoms with Gasteiger partial charge in [-0.25, -0.2) is 0 Å². The third-order valence-corrected chi connectivity index (χ3v) is 4.42. The molecule has 0 bridgehead atoms. The molecule has 0 aromatic carbocycles. The van der Waals surface area contributed by atoms with Crippen molar-refractivity contribution in [3.8, 4) is 0 Å². The van der Waals surface area contributed by atoms with E-state index in [2.05, 4.69) is 39.5 Å². The second-order valence-corrected chi connectivity index (χ2v) is 7.74. The fourth-order valence-corrected chi connectivity index (χ4v) is 2.75. The minimum Gasteiger partial charge on any atom is -0.340 e. The first-order valence-electron chi connectivity index (χ1n) is 7.89. The zero-order chi connectivity index (χ0) is 15.4. The molecule has 1 aliphatic rings. The van der Waals surface area contributed by atoms with Gasteiger partial charge in [-0.05, 0) is 45.6 Å². The van der Waals surface area contributed by atoms with Crippen LogP contribution in [-0.4, -0.2) is 54.0 Å². The molecule has 0 aromatic heterocycles. The second kappa shape index (κ2) is 6.90. The maximum Gasteiger partial charge on any atom is 0.222 e. The van der Waals surface area contributed by atoms with E-state index in [0.717, 1.165) is 39.0 Å². The fourth-order valence-electron chi connectivity index (χ4n) is 2.75. The quantitative estimate of drug-likeness (QED) is 0.840. The van der Waals surface area contributed by atoms with Crippen molar-refractivity contribution in [3.05, 3.63) is 0 Å². The molecule has 0 saturated carbocycles. The summed E-state index contributed by atoms with van der Waals surface area (Å²) in [6.45, 7) is 15.5. The maximum absolute atomic E-state index is 12.3. The van der Waals surface area contributed by atoms with Crippen LogP contribution in [0.25, 0.3) is 0 Å². The third kappa shape index (κ3) is 5.41. The Morgan fingerprint density at radius 3 is 2.00 bits per heavy atom. The van der Waals surface area contributed by atoms with Gasteiger partial charge in [0.2, 0.25) is 5.91 Å². The Bertz CT molecular complexity index is 312. The highest BCUT2D eigenvalue weighted by atomic mass is 16.2. The summed E-state index contributed by atoms with van der Waals surface area (Å²) < 4.78 is 0. The summed E-state index contributed by atoms with van der Waals surface area (Å²) in [5, 5.41) is 0. The fraction of sp³-hybridized carbons (Fsp3) is 0.938. The van der Waals surface area contributed by atoms with Crippen LogP contribution in [0.2, 0.25) is 0 Å². The van der Waals surface area contributed by atoms with E-state index in [1.54, 1.807) is 0 Å². The lowest BCUT2D eigenvalue weighted by Crippen LogP contribution is -2.54. The number of rotatable bonds is 5. The molecular formula is C16H33N3O. The Morgan fingerprint density at radius 1 is 1.00 bits per heavy atom. The average molecular weight is 283 g/mol. The lowest BCUT2D eigenvalue weighted by Gasteiger charge is -2.42. The largest absolute Gasteiger partial charge is 0.340 e. The molecule has 4 heteroatoms. The van der Waals surface area contributed by atoms with E-state index < -0.39 is 0 Å². The van der Waals surface area contributed by atoms with Crippen LogP contribution in [0.3, 0.4) is 0 Å². The van der Waals surface area contributed by atoms with Gasteiger partial charge in [-0.3, -0.25) is 9.69 Å². The van der Waals surface area contributed by atoms with Crippen molar-refractivity contribution < 1.29 is 4.79 Å². The van der Waals surface area contributed by atoms with Crippen LogP contribution in [0.5, 0.6) is 0 Å². The second-order valence-electron chi connectivity index (χ2n) is 7.74. The highest BCUT2D eigenvalue weighted by molar-refractivity contribution is 5.76. The number of hydrogen-bond acceptors (Lipinski definition) is 3. The van der Waals surface area contributed by atoms with Gasteiger partial charge >= 0.3 is 0 Å². The molecule has 1 saturated heterocycles. The molecule has 2 N–H and O–H groups in total. The van der Waals surface area contributed by atoms with Gasteiger partial charge in [0.15, 0.2) is 0 Å². The number of nitrogens with two attached hydrogens (primary N) is 1. The number of amides is 1. The van der Waals surface area contributed by atoms with Crippen molar-refractivity contribution in [2.24, 2.45) is 11.1 Å². The van der Waals surface area contributed by atoms with Crippen LogP contribution in [0.1, 0.15) is 53.9 Å². The molecule has 1 aliphatic heterocycles. The van der Waals surface area contributed by atoms with Gasteiger partial charge in [-0.2, -0.15) is 0 Å². The highest BCUT2D eigenvalue weighted by Gasteiger charge is 2.28. The molecular weight excluding hydrogens is 250 g/mol. The summed E-state index contributed by atoms with van der Waals surface area (Å²) in [7, 11) is 0. The lowest BCUT2D eigenvalue weighted by molar-refractivity contribution is -0.134. The van der Waals surface area contributed by atoms with E-state index in [-0.39, 0.29) is 11.0 Å². The molecule has 0 radical (unpaired) electrons. The van der Waals surface area contributed by atoms with Gasteiger partial charge in [-0.15, -0.1) is 0 Å². The Morgan fingerprint density at radius 2 is 1.55 bits per heavy atom. The van der Waals surface area contributed by atoms with Gasteiger partial charge in [0.1, 0.15) is 0 Å². The number of carbonyl (C=O) groups is 1. The summed E-state index contributed by atoms with van der Waals surface area (Å²) in [5.41, 5.74) is 6.00. The van der Waals surface area contributed by atoms with Gasteiger partial charge in [-0.1, -0.05) is 13.8 Å². The first-order valence-corrected chi connectivity index (χ1v) is 7.89. The minimum atomic E-state index is 0.178. The standard InChI is InChI=1S/C16H33N3O/c1-15(2,3)19-12-10-18(11-13-19)14(20)6-7-16(4,5)8-9-17/h6-13,17H2,1-5H3. The molecule has 118 valence electrons. The Balaban J connectivity index is 2.36. The van der Waals surface area contributed by atoms with E-state index in [1.165, 1.54) is 0 Å². The zero-order valence-corrected chi connectivity index (χ0v) is 14.0. The minimum absolute atomic E-state index is 0.178. The van der Waals surface area contributed by atoms with E-state index in [0.29, 0.717) is 18.9 Å². The summed E-state index contributed by atoms with van der Waals surface area (Å²) in [5.74, 6) is 0.309. The van der Waals surface area contributed by atoms with Crippen molar-refractivity contribution in [3.63, 3.8) is 0 Å². The summed E-state index contributed by atoms with van der Waals surface area (Å²) in [6, 6.07) is 0. The van der Waals surface area contributed by atoms with E-state index in [9.17, 15) is 4.79 Å². The van der Waals surface area contributed by atoms with Crippen LogP contribution in [0, 0.1) is 5.41 Å². The molecule has 0 spiro atoms. The smallest absolute Gasteiger partial charge is 0.222 e. The van der Waals surface area contributed by atoms with E-state index in [1.807, 2.05) is 4.90 Å². The summed E-state index contributed by atoms with van der Waals surface area (Å²) >= 11 is 0. The molecule has 0 aromatic rings. The summed E-state index contributed by atoms with van der Waals surface area (Å²) in [6.07, 6.45) is 2.57. The Labute approximate surface area is 124 Å². The first kappa shape index (κ1) is 17.4. The van der Waals surface area contributed by atoms with Crippen LogP contribution in [0.4, 0.5) is 0 Å². The van der Waals surface area contributed by atoms with Crippen LogP contribution in [0.15, 0.2) is 0 Å². The monoisotopic (exact) mass is 283 g/mol. The molecule has 0 unspecified atom stereocenters. The SMILES string of the molecule is CC(C)(CCN)CCC(=O)N1CCN(C(C)(C)C)CC1. The lowest BCUT2D eigenvalue weighted by atomic mass is 9.84. The molecule has 1 amide bonds.